The third-order valence-electron chi connectivity index (χ3n) is 3.40. The molecule has 1 aliphatic rings. The first-order valence-electron chi connectivity index (χ1n) is 5.85. The molecule has 88 valence electrons. The lowest BCUT2D eigenvalue weighted by Crippen LogP contribution is -2.57. The van der Waals surface area contributed by atoms with Crippen LogP contribution in [-0.4, -0.2) is 54.3 Å². The second-order valence-electron chi connectivity index (χ2n) is 5.32. The van der Waals surface area contributed by atoms with Gasteiger partial charge in [0.15, 0.2) is 0 Å². The van der Waals surface area contributed by atoms with E-state index in [1.165, 1.54) is 0 Å². The lowest BCUT2D eigenvalue weighted by Gasteiger charge is -2.45. The van der Waals surface area contributed by atoms with E-state index >= 15 is 0 Å². The Bertz CT molecular complexity index is 226. The van der Waals surface area contributed by atoms with Crippen LogP contribution in [0.25, 0.3) is 0 Å². The van der Waals surface area contributed by atoms with Crippen LogP contribution in [-0.2, 0) is 4.79 Å². The third kappa shape index (κ3) is 3.92. The largest absolute Gasteiger partial charge is 0.300 e. The predicted octanol–water partition coefficient (Wildman–Crippen LogP) is 1.38. The van der Waals surface area contributed by atoms with E-state index in [-0.39, 0.29) is 5.54 Å². The van der Waals surface area contributed by atoms with Crippen molar-refractivity contribution in [3.63, 3.8) is 0 Å². The van der Waals surface area contributed by atoms with Gasteiger partial charge in [-0.25, -0.2) is 0 Å². The second kappa shape index (κ2) is 5.08. The number of Topliss-reactive ketones (excluding diaryl/α,β-unsaturated/α-hetero) is 1. The van der Waals surface area contributed by atoms with E-state index in [9.17, 15) is 4.79 Å². The van der Waals surface area contributed by atoms with Crippen molar-refractivity contribution >= 4 is 5.78 Å². The molecule has 0 N–H and O–H groups in total. The zero-order chi connectivity index (χ0) is 11.5. The molecular formula is C12H24N2O. The molecule has 0 spiro atoms. The summed E-state index contributed by atoms with van der Waals surface area (Å²) in [5.41, 5.74) is 0.272. The quantitative estimate of drug-likeness (QED) is 0.703. The highest BCUT2D eigenvalue weighted by Crippen LogP contribution is 2.18. The van der Waals surface area contributed by atoms with Crippen molar-refractivity contribution in [2.24, 2.45) is 0 Å². The first-order valence-corrected chi connectivity index (χ1v) is 5.85. The Morgan fingerprint density at radius 2 is 2.00 bits per heavy atom. The van der Waals surface area contributed by atoms with Crippen molar-refractivity contribution in [2.45, 2.75) is 39.2 Å². The Morgan fingerprint density at radius 1 is 1.33 bits per heavy atom. The maximum atomic E-state index is 10.8. The number of hydrogen-bond acceptors (Lipinski definition) is 3. The molecule has 1 rings (SSSR count). The van der Waals surface area contributed by atoms with E-state index in [0.29, 0.717) is 5.78 Å². The molecule has 1 heterocycles. The summed E-state index contributed by atoms with van der Waals surface area (Å²) in [5.74, 6) is 0.309. The van der Waals surface area contributed by atoms with Gasteiger partial charge in [0.25, 0.3) is 0 Å². The molecule has 15 heavy (non-hydrogen) atoms. The molecule has 1 saturated heterocycles. The molecule has 3 heteroatoms. The van der Waals surface area contributed by atoms with E-state index in [1.54, 1.807) is 6.92 Å². The fraction of sp³-hybridized carbons (Fsp3) is 0.917. The van der Waals surface area contributed by atoms with Gasteiger partial charge in [0.05, 0.1) is 0 Å². The molecule has 0 unspecified atom stereocenters. The van der Waals surface area contributed by atoms with Gasteiger partial charge in [0.2, 0.25) is 0 Å². The molecule has 0 aromatic carbocycles. The molecule has 0 aromatic rings. The van der Waals surface area contributed by atoms with Gasteiger partial charge < -0.3 is 9.69 Å². The minimum atomic E-state index is 0.272. The number of carbonyl (C=O) groups is 1. The molecule has 0 aromatic heterocycles. The van der Waals surface area contributed by atoms with Gasteiger partial charge in [-0.15, -0.1) is 0 Å². The summed E-state index contributed by atoms with van der Waals surface area (Å²) in [5, 5.41) is 0. The first kappa shape index (κ1) is 12.7. The molecule has 0 bridgehead atoms. The number of piperazine rings is 1. The summed E-state index contributed by atoms with van der Waals surface area (Å²) in [6.07, 6.45) is 1.74. The van der Waals surface area contributed by atoms with Gasteiger partial charge in [-0.2, -0.15) is 0 Å². The molecule has 1 aliphatic heterocycles. The highest BCUT2D eigenvalue weighted by molar-refractivity contribution is 5.75. The zero-order valence-corrected chi connectivity index (χ0v) is 10.5. The summed E-state index contributed by atoms with van der Waals surface area (Å²) < 4.78 is 0. The number of nitrogens with zero attached hydrogens (tertiary/aromatic N) is 2. The SMILES string of the molecule is CC(=O)CCCN1CCN(C)C(C)(C)C1. The fourth-order valence-corrected chi connectivity index (χ4v) is 2.08. The van der Waals surface area contributed by atoms with Gasteiger partial charge >= 0.3 is 0 Å². The topological polar surface area (TPSA) is 23.6 Å². The van der Waals surface area contributed by atoms with Crippen LogP contribution in [0.15, 0.2) is 0 Å². The maximum Gasteiger partial charge on any atom is 0.129 e. The van der Waals surface area contributed by atoms with E-state index in [1.807, 2.05) is 0 Å². The van der Waals surface area contributed by atoms with E-state index < -0.39 is 0 Å². The van der Waals surface area contributed by atoms with Crippen LogP contribution in [0.2, 0.25) is 0 Å². The minimum Gasteiger partial charge on any atom is -0.300 e. The van der Waals surface area contributed by atoms with Crippen LogP contribution in [0.3, 0.4) is 0 Å². The number of rotatable bonds is 4. The van der Waals surface area contributed by atoms with Crippen LogP contribution in [0.1, 0.15) is 33.6 Å². The first-order chi connectivity index (χ1) is 6.92. The fourth-order valence-electron chi connectivity index (χ4n) is 2.08. The normalized spacial score (nSPS) is 22.9. The van der Waals surface area contributed by atoms with Crippen LogP contribution in [0, 0.1) is 0 Å². The predicted molar refractivity (Wildman–Crippen MR) is 63.1 cm³/mol. The van der Waals surface area contributed by atoms with Crippen molar-refractivity contribution in [3.8, 4) is 0 Å². The van der Waals surface area contributed by atoms with Gasteiger partial charge in [0.1, 0.15) is 5.78 Å². The molecule has 0 radical (unpaired) electrons. The molecule has 0 atom stereocenters. The summed E-state index contributed by atoms with van der Waals surface area (Å²) in [7, 11) is 2.19. The van der Waals surface area contributed by atoms with Gasteiger partial charge in [-0.3, -0.25) is 4.90 Å². The monoisotopic (exact) mass is 212 g/mol. The van der Waals surface area contributed by atoms with Crippen molar-refractivity contribution in [1.82, 2.24) is 9.80 Å². The minimum absolute atomic E-state index is 0.272. The maximum absolute atomic E-state index is 10.8. The molecule has 3 nitrogen and oxygen atoms in total. The average Bonchev–Trinajstić information content (AvgIpc) is 2.10. The van der Waals surface area contributed by atoms with Gasteiger partial charge in [-0.05, 0) is 40.8 Å². The molecule has 0 saturated carbocycles. The molecular weight excluding hydrogens is 188 g/mol. The van der Waals surface area contributed by atoms with Crippen LogP contribution in [0.4, 0.5) is 0 Å². The van der Waals surface area contributed by atoms with Crippen LogP contribution in [0.5, 0.6) is 0 Å². The van der Waals surface area contributed by atoms with Crippen molar-refractivity contribution in [2.75, 3.05) is 33.2 Å². The van der Waals surface area contributed by atoms with Crippen molar-refractivity contribution in [3.05, 3.63) is 0 Å². The lowest BCUT2D eigenvalue weighted by atomic mass is 9.99. The van der Waals surface area contributed by atoms with Crippen LogP contribution >= 0.6 is 0 Å². The Balaban J connectivity index is 2.30. The summed E-state index contributed by atoms with van der Waals surface area (Å²) >= 11 is 0. The number of ketones is 1. The van der Waals surface area contributed by atoms with Gasteiger partial charge in [-0.1, -0.05) is 0 Å². The molecule has 1 fully saturated rings. The Kier molecular flexibility index (Phi) is 4.29. The number of hydrogen-bond donors (Lipinski definition) is 0. The van der Waals surface area contributed by atoms with Crippen molar-refractivity contribution in [1.29, 1.82) is 0 Å². The number of likely N-dealkylation sites (N-methyl/N-ethyl adjacent to an activating group) is 1. The third-order valence-corrected chi connectivity index (χ3v) is 3.40. The average molecular weight is 212 g/mol. The summed E-state index contributed by atoms with van der Waals surface area (Å²) in [4.78, 5) is 15.7. The van der Waals surface area contributed by atoms with Gasteiger partial charge in [0, 0.05) is 31.6 Å². The Morgan fingerprint density at radius 3 is 2.53 bits per heavy atom. The van der Waals surface area contributed by atoms with E-state index in [0.717, 1.165) is 39.0 Å². The standard InChI is InChI=1S/C12H24N2O/c1-11(15)6-5-7-14-9-8-13(4)12(2,3)10-14/h5-10H2,1-4H3. The highest BCUT2D eigenvalue weighted by atomic mass is 16.1. The second-order valence-corrected chi connectivity index (χ2v) is 5.32. The molecule has 0 aliphatic carbocycles. The Hall–Kier alpha value is -0.410. The van der Waals surface area contributed by atoms with E-state index in [4.69, 9.17) is 0 Å². The Labute approximate surface area is 93.4 Å². The molecule has 0 amide bonds. The highest BCUT2D eigenvalue weighted by Gasteiger charge is 2.30. The van der Waals surface area contributed by atoms with E-state index in [2.05, 4.69) is 30.7 Å². The lowest BCUT2D eigenvalue weighted by molar-refractivity contribution is -0.117. The number of carbonyl (C=O) groups excluding carboxylic acids is 1. The summed E-state index contributed by atoms with van der Waals surface area (Å²) in [6, 6.07) is 0. The zero-order valence-electron chi connectivity index (χ0n) is 10.5. The van der Waals surface area contributed by atoms with Crippen molar-refractivity contribution < 1.29 is 4.79 Å². The summed E-state index contributed by atoms with van der Waals surface area (Å²) in [6.45, 7) is 10.7. The smallest absolute Gasteiger partial charge is 0.129 e. The van der Waals surface area contributed by atoms with Crippen LogP contribution < -0.4 is 0 Å².